The largest absolute Gasteiger partial charge is 0.496 e. The summed E-state index contributed by atoms with van der Waals surface area (Å²) in [5.74, 6) is 1.50. The first kappa shape index (κ1) is 23.7. The van der Waals surface area contributed by atoms with E-state index in [1.807, 2.05) is 29.7 Å². The van der Waals surface area contributed by atoms with Crippen molar-refractivity contribution in [3.8, 4) is 5.75 Å². The molecule has 172 valence electrons. The summed E-state index contributed by atoms with van der Waals surface area (Å²) in [5, 5.41) is 5.25. The third kappa shape index (κ3) is 5.28. The Labute approximate surface area is 189 Å². The highest BCUT2D eigenvalue weighted by Crippen LogP contribution is 2.23. The Morgan fingerprint density at radius 3 is 2.62 bits per heavy atom. The number of fused-ring (bicyclic) bond motifs is 1. The molecule has 3 rings (SSSR count). The topological polar surface area (TPSA) is 108 Å². The van der Waals surface area contributed by atoms with E-state index in [2.05, 4.69) is 11.9 Å². The summed E-state index contributed by atoms with van der Waals surface area (Å²) in [7, 11) is -0.410. The fourth-order valence-electron chi connectivity index (χ4n) is 3.78. The van der Waals surface area contributed by atoms with E-state index in [0.717, 1.165) is 41.2 Å². The fraction of sp³-hybridized carbons (Fsp3) is 0.391. The molecule has 0 radical (unpaired) electrons. The first-order chi connectivity index (χ1) is 15.1. The Balaban J connectivity index is 1.78. The SMILES string of the molecule is CCCn1c(CCC(=O)N(C)Cc2cc(C)ccc2OC)nc2cc(S(N)(=O)=O)ccc21. The smallest absolute Gasteiger partial charge is 0.238 e. The molecule has 0 saturated heterocycles. The van der Waals surface area contributed by atoms with E-state index in [4.69, 9.17) is 9.88 Å². The molecule has 0 saturated carbocycles. The second-order valence-corrected chi connectivity index (χ2v) is 9.50. The molecule has 0 aliphatic heterocycles. The number of nitrogens with two attached hydrogens (primary N) is 1. The zero-order valence-corrected chi connectivity index (χ0v) is 19.8. The van der Waals surface area contributed by atoms with Gasteiger partial charge in [-0.25, -0.2) is 18.5 Å². The molecule has 0 atom stereocenters. The molecule has 32 heavy (non-hydrogen) atoms. The number of carbonyl (C=O) groups is 1. The molecule has 8 nitrogen and oxygen atoms in total. The Morgan fingerprint density at radius 1 is 1.22 bits per heavy atom. The third-order valence-corrected chi connectivity index (χ3v) is 6.32. The van der Waals surface area contributed by atoms with Crippen LogP contribution in [0.25, 0.3) is 11.0 Å². The summed E-state index contributed by atoms with van der Waals surface area (Å²) < 4.78 is 30.8. The molecule has 0 aliphatic rings. The van der Waals surface area contributed by atoms with Crippen LogP contribution in [0.5, 0.6) is 5.75 Å². The van der Waals surface area contributed by atoms with Crippen molar-refractivity contribution in [3.63, 3.8) is 0 Å². The number of carbonyl (C=O) groups excluding carboxylic acids is 1. The number of aryl methyl sites for hydroxylation is 3. The van der Waals surface area contributed by atoms with Crippen LogP contribution >= 0.6 is 0 Å². The van der Waals surface area contributed by atoms with Gasteiger partial charge in [-0.3, -0.25) is 4.79 Å². The molecule has 0 aliphatic carbocycles. The van der Waals surface area contributed by atoms with Gasteiger partial charge in [0.15, 0.2) is 0 Å². The van der Waals surface area contributed by atoms with Crippen LogP contribution in [0, 0.1) is 6.92 Å². The summed E-state index contributed by atoms with van der Waals surface area (Å²) in [6, 6.07) is 10.6. The lowest BCUT2D eigenvalue weighted by Crippen LogP contribution is -2.27. The van der Waals surface area contributed by atoms with Gasteiger partial charge < -0.3 is 14.2 Å². The number of methoxy groups -OCH3 is 1. The Bertz CT molecular complexity index is 1230. The Morgan fingerprint density at radius 2 is 1.97 bits per heavy atom. The number of sulfonamides is 1. The zero-order valence-electron chi connectivity index (χ0n) is 19.0. The minimum atomic E-state index is -3.81. The van der Waals surface area contributed by atoms with Crippen molar-refractivity contribution in [2.24, 2.45) is 5.14 Å². The van der Waals surface area contributed by atoms with Crippen LogP contribution in [0.1, 0.15) is 36.7 Å². The number of hydrogen-bond donors (Lipinski definition) is 1. The van der Waals surface area contributed by atoms with Gasteiger partial charge in [0, 0.05) is 38.5 Å². The number of rotatable bonds is 9. The van der Waals surface area contributed by atoms with Crippen molar-refractivity contribution in [1.29, 1.82) is 0 Å². The van der Waals surface area contributed by atoms with Crippen molar-refractivity contribution in [3.05, 3.63) is 53.3 Å². The lowest BCUT2D eigenvalue weighted by molar-refractivity contribution is -0.130. The van der Waals surface area contributed by atoms with E-state index >= 15 is 0 Å². The first-order valence-corrected chi connectivity index (χ1v) is 12.1. The number of benzene rings is 2. The van der Waals surface area contributed by atoms with E-state index < -0.39 is 10.0 Å². The fourth-order valence-corrected chi connectivity index (χ4v) is 4.32. The molecule has 1 amide bonds. The average molecular weight is 459 g/mol. The molecule has 0 fully saturated rings. The Hall–Kier alpha value is -2.91. The maximum Gasteiger partial charge on any atom is 0.238 e. The highest BCUT2D eigenvalue weighted by molar-refractivity contribution is 7.89. The number of hydrogen-bond acceptors (Lipinski definition) is 5. The maximum atomic E-state index is 12.8. The van der Waals surface area contributed by atoms with Crippen LogP contribution in [0.2, 0.25) is 0 Å². The van der Waals surface area contributed by atoms with Gasteiger partial charge in [-0.1, -0.05) is 24.6 Å². The molecular formula is C23H30N4O4S. The molecule has 2 aromatic carbocycles. The maximum absolute atomic E-state index is 12.8. The lowest BCUT2D eigenvalue weighted by atomic mass is 10.1. The van der Waals surface area contributed by atoms with Crippen molar-refractivity contribution in [1.82, 2.24) is 14.5 Å². The number of imidazole rings is 1. The summed E-state index contributed by atoms with van der Waals surface area (Å²) in [4.78, 5) is 19.2. The quantitative estimate of drug-likeness (QED) is 0.530. The van der Waals surface area contributed by atoms with Crippen LogP contribution in [0.15, 0.2) is 41.3 Å². The molecule has 1 heterocycles. The molecule has 2 N–H and O–H groups in total. The number of amides is 1. The molecular weight excluding hydrogens is 428 g/mol. The first-order valence-electron chi connectivity index (χ1n) is 10.5. The van der Waals surface area contributed by atoms with E-state index in [9.17, 15) is 13.2 Å². The van der Waals surface area contributed by atoms with E-state index in [1.54, 1.807) is 25.1 Å². The van der Waals surface area contributed by atoms with E-state index in [1.165, 1.54) is 12.1 Å². The summed E-state index contributed by atoms with van der Waals surface area (Å²) >= 11 is 0. The van der Waals surface area contributed by atoms with Gasteiger partial charge in [0.2, 0.25) is 15.9 Å². The second kappa shape index (κ2) is 9.70. The molecule has 0 bridgehead atoms. The van der Waals surface area contributed by atoms with Gasteiger partial charge >= 0.3 is 0 Å². The van der Waals surface area contributed by atoms with Crippen LogP contribution in [0.4, 0.5) is 0 Å². The monoisotopic (exact) mass is 458 g/mol. The molecule has 0 spiro atoms. The van der Waals surface area contributed by atoms with Crippen molar-refractivity contribution in [2.45, 2.75) is 51.1 Å². The van der Waals surface area contributed by atoms with Gasteiger partial charge in [0.1, 0.15) is 11.6 Å². The highest BCUT2D eigenvalue weighted by atomic mass is 32.2. The molecule has 1 aromatic heterocycles. The second-order valence-electron chi connectivity index (χ2n) is 7.94. The van der Waals surface area contributed by atoms with Crippen molar-refractivity contribution >= 4 is 27.0 Å². The van der Waals surface area contributed by atoms with E-state index in [0.29, 0.717) is 24.9 Å². The molecule has 9 heteroatoms. The van der Waals surface area contributed by atoms with Crippen LogP contribution in [0.3, 0.4) is 0 Å². The summed E-state index contributed by atoms with van der Waals surface area (Å²) in [6.07, 6.45) is 1.63. The number of nitrogens with zero attached hydrogens (tertiary/aromatic N) is 3. The molecule has 0 unspecified atom stereocenters. The lowest BCUT2D eigenvalue weighted by Gasteiger charge is -2.19. The molecule has 3 aromatic rings. The van der Waals surface area contributed by atoms with Crippen LogP contribution in [-0.4, -0.2) is 42.9 Å². The van der Waals surface area contributed by atoms with Crippen LogP contribution < -0.4 is 9.88 Å². The van der Waals surface area contributed by atoms with Gasteiger partial charge in [-0.15, -0.1) is 0 Å². The van der Waals surface area contributed by atoms with Gasteiger partial charge in [-0.2, -0.15) is 0 Å². The Kier molecular flexibility index (Phi) is 7.20. The number of primary sulfonamides is 1. The third-order valence-electron chi connectivity index (χ3n) is 5.41. The summed E-state index contributed by atoms with van der Waals surface area (Å²) in [6.45, 7) is 5.24. The van der Waals surface area contributed by atoms with Gasteiger partial charge in [0.25, 0.3) is 0 Å². The summed E-state index contributed by atoms with van der Waals surface area (Å²) in [5.41, 5.74) is 3.45. The van der Waals surface area contributed by atoms with Crippen molar-refractivity contribution < 1.29 is 17.9 Å². The average Bonchev–Trinajstić information content (AvgIpc) is 3.08. The van der Waals surface area contributed by atoms with Crippen LogP contribution in [-0.2, 0) is 34.3 Å². The zero-order chi connectivity index (χ0) is 23.5. The van der Waals surface area contributed by atoms with Gasteiger partial charge in [0.05, 0.1) is 23.0 Å². The number of ether oxygens (including phenoxy) is 1. The standard InChI is InChI=1S/C23H30N4O4S/c1-5-12-27-20-8-7-18(32(24,29)30)14-19(20)25-22(27)10-11-23(28)26(3)15-17-13-16(2)6-9-21(17)31-4/h6-9,13-14H,5,10-12,15H2,1-4H3,(H2,24,29,30). The van der Waals surface area contributed by atoms with Crippen molar-refractivity contribution in [2.75, 3.05) is 14.2 Å². The predicted molar refractivity (Wildman–Crippen MR) is 124 cm³/mol. The predicted octanol–water partition coefficient (Wildman–Crippen LogP) is 3.00. The normalized spacial score (nSPS) is 11.7. The van der Waals surface area contributed by atoms with E-state index in [-0.39, 0.29) is 10.8 Å². The minimum absolute atomic E-state index is 0.00566. The number of aromatic nitrogens is 2. The minimum Gasteiger partial charge on any atom is -0.496 e. The highest BCUT2D eigenvalue weighted by Gasteiger charge is 2.17. The van der Waals surface area contributed by atoms with Gasteiger partial charge in [-0.05, 0) is 37.6 Å².